The van der Waals surface area contributed by atoms with Crippen LogP contribution in [0, 0.1) is 3.95 Å². The maximum Gasteiger partial charge on any atom is 0.184 e. The molecular weight excluding hydrogens is 360 g/mol. The Morgan fingerprint density at radius 1 is 1.29 bits per heavy atom. The number of para-hydroxylation sites is 1. The maximum absolute atomic E-state index is 11.0. The Labute approximate surface area is 153 Å². The molecule has 0 amide bonds. The van der Waals surface area contributed by atoms with Crippen molar-refractivity contribution in [3.8, 4) is 11.4 Å². The van der Waals surface area contributed by atoms with E-state index in [0.717, 1.165) is 27.6 Å². The summed E-state index contributed by atoms with van der Waals surface area (Å²) in [6.07, 6.45) is 0.835. The van der Waals surface area contributed by atoms with E-state index >= 15 is 0 Å². The van der Waals surface area contributed by atoms with Crippen molar-refractivity contribution in [3.63, 3.8) is 0 Å². The topological polar surface area (TPSA) is 44.1 Å². The van der Waals surface area contributed by atoms with Gasteiger partial charge in [0.15, 0.2) is 8.29 Å². The van der Waals surface area contributed by atoms with E-state index in [9.17, 15) is 4.79 Å². The van der Waals surface area contributed by atoms with Gasteiger partial charge in [0.05, 0.1) is 12.8 Å². The van der Waals surface area contributed by atoms with Crippen LogP contribution in [0.4, 0.5) is 0 Å². The fourth-order valence-electron chi connectivity index (χ4n) is 2.18. The number of carbonyl (C=O) groups excluding carboxylic acids is 1. The van der Waals surface area contributed by atoms with E-state index in [4.69, 9.17) is 17.0 Å². The molecule has 0 unspecified atom stereocenters. The summed E-state index contributed by atoms with van der Waals surface area (Å²) < 4.78 is 8.71. The zero-order chi connectivity index (χ0) is 16.9. The summed E-state index contributed by atoms with van der Waals surface area (Å²) in [5.74, 6) is 1.42. The van der Waals surface area contributed by atoms with E-state index < -0.39 is 0 Å². The quantitative estimate of drug-likeness (QED) is 0.353. The van der Waals surface area contributed by atoms with Crippen molar-refractivity contribution in [2.45, 2.75) is 10.1 Å². The molecule has 24 heavy (non-hydrogen) atoms. The second-order valence-electron chi connectivity index (χ2n) is 4.86. The van der Waals surface area contributed by atoms with Gasteiger partial charge in [-0.15, -0.1) is 5.10 Å². The van der Waals surface area contributed by atoms with Gasteiger partial charge in [0.25, 0.3) is 0 Å². The second-order valence-corrected chi connectivity index (χ2v) is 7.70. The van der Waals surface area contributed by atoms with E-state index in [1.807, 2.05) is 42.5 Å². The van der Waals surface area contributed by atoms with E-state index in [2.05, 4.69) is 5.10 Å². The number of hydrogen-bond donors (Lipinski definition) is 0. The highest BCUT2D eigenvalue weighted by Gasteiger charge is 2.09. The predicted molar refractivity (Wildman–Crippen MR) is 100 cm³/mol. The number of ether oxygens (including phenoxy) is 1. The first-order valence-electron chi connectivity index (χ1n) is 7.12. The highest BCUT2D eigenvalue weighted by Crippen LogP contribution is 2.30. The third kappa shape index (κ3) is 3.75. The lowest BCUT2D eigenvalue weighted by Crippen LogP contribution is -1.96. The van der Waals surface area contributed by atoms with Crippen LogP contribution in [0.2, 0.25) is 0 Å². The van der Waals surface area contributed by atoms with E-state index in [-0.39, 0.29) is 0 Å². The summed E-state index contributed by atoms with van der Waals surface area (Å²) >= 11 is 8.46. The van der Waals surface area contributed by atoms with Crippen molar-refractivity contribution in [1.82, 2.24) is 9.78 Å². The highest BCUT2D eigenvalue weighted by molar-refractivity contribution is 8.00. The second kappa shape index (κ2) is 7.74. The molecule has 0 atom stereocenters. The molecule has 1 heterocycles. The SMILES string of the molecule is COc1ccc(C=O)cc1CSc1nn(-c2ccccc2)c(=S)s1. The molecule has 0 spiro atoms. The smallest absolute Gasteiger partial charge is 0.184 e. The van der Waals surface area contributed by atoms with Gasteiger partial charge in [-0.05, 0) is 42.5 Å². The van der Waals surface area contributed by atoms with Gasteiger partial charge in [-0.1, -0.05) is 41.3 Å². The number of aldehydes is 1. The number of benzene rings is 2. The van der Waals surface area contributed by atoms with Crippen LogP contribution >= 0.6 is 35.3 Å². The van der Waals surface area contributed by atoms with Crippen molar-refractivity contribution in [2.75, 3.05) is 7.11 Å². The van der Waals surface area contributed by atoms with E-state index in [1.54, 1.807) is 29.6 Å². The minimum absolute atomic E-state index is 0.633. The standard InChI is InChI=1S/C17H14N2O2S3/c1-21-15-8-7-12(10-20)9-13(15)11-23-16-18-19(17(22)24-16)14-5-3-2-4-6-14/h2-10H,11H2,1H3. The number of carbonyl (C=O) groups is 1. The first-order chi connectivity index (χ1) is 11.7. The lowest BCUT2D eigenvalue weighted by atomic mass is 10.1. The van der Waals surface area contributed by atoms with Crippen molar-refractivity contribution in [2.24, 2.45) is 0 Å². The van der Waals surface area contributed by atoms with Crippen LogP contribution in [0.15, 0.2) is 52.9 Å². The van der Waals surface area contributed by atoms with Crippen LogP contribution in [0.25, 0.3) is 5.69 Å². The molecule has 3 aromatic rings. The average Bonchev–Trinajstić information content (AvgIpc) is 3.01. The molecule has 2 aromatic carbocycles. The summed E-state index contributed by atoms with van der Waals surface area (Å²) in [6, 6.07) is 15.2. The summed E-state index contributed by atoms with van der Waals surface area (Å²) in [6.45, 7) is 0. The molecule has 1 aromatic heterocycles. The molecule has 3 rings (SSSR count). The summed E-state index contributed by atoms with van der Waals surface area (Å²) in [5, 5.41) is 4.58. The minimum atomic E-state index is 0.633. The molecule has 0 N–H and O–H groups in total. The van der Waals surface area contributed by atoms with Crippen molar-refractivity contribution < 1.29 is 9.53 Å². The first kappa shape index (κ1) is 16.9. The molecule has 4 nitrogen and oxygen atoms in total. The van der Waals surface area contributed by atoms with Crippen molar-refractivity contribution in [1.29, 1.82) is 0 Å². The Bertz CT molecular complexity index is 904. The Morgan fingerprint density at radius 3 is 2.79 bits per heavy atom. The van der Waals surface area contributed by atoms with E-state index in [1.165, 1.54) is 11.3 Å². The number of thioether (sulfide) groups is 1. The zero-order valence-corrected chi connectivity index (χ0v) is 15.3. The summed E-state index contributed by atoms with van der Waals surface area (Å²) in [7, 11) is 1.62. The van der Waals surface area contributed by atoms with Gasteiger partial charge in [-0.2, -0.15) is 0 Å². The van der Waals surface area contributed by atoms with Gasteiger partial charge in [0.2, 0.25) is 0 Å². The van der Waals surface area contributed by atoms with Gasteiger partial charge in [-0.25, -0.2) is 4.68 Å². The van der Waals surface area contributed by atoms with Crippen molar-refractivity contribution in [3.05, 3.63) is 63.6 Å². The molecule has 0 aliphatic rings. The van der Waals surface area contributed by atoms with E-state index in [0.29, 0.717) is 15.3 Å². The summed E-state index contributed by atoms with van der Waals surface area (Å²) in [4.78, 5) is 11.0. The predicted octanol–water partition coefficient (Wildman–Crippen LogP) is 4.78. The lowest BCUT2D eigenvalue weighted by Gasteiger charge is -2.07. The number of hydrogen-bond acceptors (Lipinski definition) is 6. The molecule has 7 heteroatoms. The Kier molecular flexibility index (Phi) is 5.44. The fourth-order valence-corrected chi connectivity index (χ4v) is 4.51. The molecule has 0 radical (unpaired) electrons. The van der Waals surface area contributed by atoms with Gasteiger partial charge < -0.3 is 4.74 Å². The number of nitrogens with zero attached hydrogens (tertiary/aromatic N) is 2. The van der Waals surface area contributed by atoms with Crippen LogP contribution in [0.5, 0.6) is 5.75 Å². The average molecular weight is 375 g/mol. The van der Waals surface area contributed by atoms with Gasteiger partial charge in [0, 0.05) is 16.9 Å². The monoisotopic (exact) mass is 374 g/mol. The first-order valence-corrected chi connectivity index (χ1v) is 9.33. The lowest BCUT2D eigenvalue weighted by molar-refractivity contribution is 0.112. The number of methoxy groups -OCH3 is 1. The van der Waals surface area contributed by atoms with Crippen LogP contribution in [0.3, 0.4) is 0 Å². The van der Waals surface area contributed by atoms with Crippen LogP contribution in [0.1, 0.15) is 15.9 Å². The molecule has 0 bridgehead atoms. The third-order valence-corrected chi connectivity index (χ3v) is 5.74. The fraction of sp³-hybridized carbons (Fsp3) is 0.118. The van der Waals surface area contributed by atoms with Gasteiger partial charge in [0.1, 0.15) is 12.0 Å². The van der Waals surface area contributed by atoms with Crippen molar-refractivity contribution >= 4 is 41.6 Å². The molecule has 0 saturated carbocycles. The van der Waals surface area contributed by atoms with Crippen LogP contribution in [-0.2, 0) is 5.75 Å². The van der Waals surface area contributed by atoms with Gasteiger partial charge >= 0.3 is 0 Å². The normalized spacial score (nSPS) is 10.5. The summed E-state index contributed by atoms with van der Waals surface area (Å²) in [5.41, 5.74) is 2.54. The highest BCUT2D eigenvalue weighted by atomic mass is 32.2. The number of rotatable bonds is 6. The maximum atomic E-state index is 11.0. The Balaban J connectivity index is 1.81. The van der Waals surface area contributed by atoms with Gasteiger partial charge in [-0.3, -0.25) is 4.79 Å². The Hall–Kier alpha value is -1.96. The van der Waals surface area contributed by atoms with Crippen LogP contribution < -0.4 is 4.74 Å². The number of aromatic nitrogens is 2. The molecule has 0 aliphatic carbocycles. The zero-order valence-electron chi connectivity index (χ0n) is 12.8. The third-order valence-electron chi connectivity index (χ3n) is 3.32. The van der Waals surface area contributed by atoms with Crippen LogP contribution in [-0.4, -0.2) is 23.2 Å². The molecular formula is C17H14N2O2S3. The largest absolute Gasteiger partial charge is 0.496 e. The molecule has 0 saturated heterocycles. The molecule has 0 aliphatic heterocycles. The molecule has 122 valence electrons. The molecule has 0 fully saturated rings. The minimum Gasteiger partial charge on any atom is -0.496 e. The Morgan fingerprint density at radius 2 is 2.08 bits per heavy atom.